The van der Waals surface area contributed by atoms with E-state index in [0.717, 1.165) is 44.3 Å². The van der Waals surface area contributed by atoms with E-state index >= 15 is 0 Å². The van der Waals surface area contributed by atoms with Crippen molar-refractivity contribution in [3.63, 3.8) is 0 Å². The molecule has 0 aromatic rings. The summed E-state index contributed by atoms with van der Waals surface area (Å²) >= 11 is 0. The number of nitrogens with zero attached hydrogens (tertiary/aromatic N) is 1. The minimum atomic E-state index is 0.423. The summed E-state index contributed by atoms with van der Waals surface area (Å²) < 4.78 is 0. The molecule has 0 radical (unpaired) electrons. The maximum Gasteiger partial charge on any atom is 0.222 e. The van der Waals surface area contributed by atoms with Gasteiger partial charge in [-0.3, -0.25) is 4.79 Å². The van der Waals surface area contributed by atoms with Crippen LogP contribution in [-0.4, -0.2) is 30.4 Å². The van der Waals surface area contributed by atoms with E-state index in [-0.39, 0.29) is 0 Å². The Labute approximate surface area is 110 Å². The van der Waals surface area contributed by atoms with E-state index in [2.05, 4.69) is 4.90 Å². The van der Waals surface area contributed by atoms with Crippen LogP contribution in [-0.2, 0) is 4.79 Å². The van der Waals surface area contributed by atoms with Crippen LogP contribution in [0.3, 0.4) is 0 Å². The first-order valence-electron chi connectivity index (χ1n) is 7.74. The standard InChI is InChI=1S/C15H26N2O/c16-5-3-11-4-6-17(10-11)15(18)9-14-8-12-1-2-13(14)7-12/h11-14H,1-10,16H2. The van der Waals surface area contributed by atoms with E-state index < -0.39 is 0 Å². The molecule has 4 atom stereocenters. The van der Waals surface area contributed by atoms with Crippen LogP contribution in [0.4, 0.5) is 0 Å². The SMILES string of the molecule is NCCC1CCN(C(=O)CC2CC3CCC2C3)C1. The minimum Gasteiger partial charge on any atom is -0.342 e. The Kier molecular flexibility index (Phi) is 3.60. The van der Waals surface area contributed by atoms with Crippen molar-refractivity contribution in [2.75, 3.05) is 19.6 Å². The second kappa shape index (κ2) is 5.20. The summed E-state index contributed by atoms with van der Waals surface area (Å²) in [6.07, 6.45) is 8.63. The lowest BCUT2D eigenvalue weighted by Gasteiger charge is -2.24. The number of carbonyl (C=O) groups is 1. The van der Waals surface area contributed by atoms with E-state index in [0.29, 0.717) is 17.7 Å². The van der Waals surface area contributed by atoms with Gasteiger partial charge in [-0.2, -0.15) is 0 Å². The molecule has 2 aliphatic carbocycles. The quantitative estimate of drug-likeness (QED) is 0.829. The fourth-order valence-electron chi connectivity index (χ4n) is 4.51. The van der Waals surface area contributed by atoms with E-state index in [1.807, 2.05) is 0 Å². The smallest absolute Gasteiger partial charge is 0.222 e. The van der Waals surface area contributed by atoms with E-state index in [1.54, 1.807) is 0 Å². The molecule has 3 aliphatic rings. The Balaban J connectivity index is 1.47. The van der Waals surface area contributed by atoms with Gasteiger partial charge in [0, 0.05) is 19.5 Å². The van der Waals surface area contributed by atoms with Crippen molar-refractivity contribution < 1.29 is 4.79 Å². The molecule has 1 saturated heterocycles. The summed E-state index contributed by atoms with van der Waals surface area (Å²) in [6, 6.07) is 0. The lowest BCUT2D eigenvalue weighted by Crippen LogP contribution is -2.31. The summed E-state index contributed by atoms with van der Waals surface area (Å²) in [7, 11) is 0. The summed E-state index contributed by atoms with van der Waals surface area (Å²) in [6.45, 7) is 2.71. The predicted octanol–water partition coefficient (Wildman–Crippen LogP) is 2.01. The molecule has 102 valence electrons. The monoisotopic (exact) mass is 250 g/mol. The van der Waals surface area contributed by atoms with Crippen LogP contribution < -0.4 is 5.73 Å². The highest BCUT2D eigenvalue weighted by atomic mass is 16.2. The average Bonchev–Trinajstić information content (AvgIpc) is 3.04. The number of likely N-dealkylation sites (tertiary alicyclic amines) is 1. The molecule has 1 amide bonds. The number of fused-ring (bicyclic) bond motifs is 2. The van der Waals surface area contributed by atoms with Gasteiger partial charge in [0.1, 0.15) is 0 Å². The maximum absolute atomic E-state index is 12.3. The van der Waals surface area contributed by atoms with Crippen LogP contribution >= 0.6 is 0 Å². The van der Waals surface area contributed by atoms with Crippen molar-refractivity contribution >= 4 is 5.91 Å². The zero-order valence-corrected chi connectivity index (χ0v) is 11.3. The molecule has 0 aromatic carbocycles. The lowest BCUT2D eigenvalue weighted by molar-refractivity contribution is -0.131. The second-order valence-corrected chi connectivity index (χ2v) is 6.71. The van der Waals surface area contributed by atoms with E-state index in [9.17, 15) is 4.79 Å². The molecule has 18 heavy (non-hydrogen) atoms. The first-order valence-corrected chi connectivity index (χ1v) is 7.74. The van der Waals surface area contributed by atoms with Gasteiger partial charge in [0.25, 0.3) is 0 Å². The predicted molar refractivity (Wildman–Crippen MR) is 71.9 cm³/mol. The molecule has 1 aliphatic heterocycles. The molecule has 0 spiro atoms. The number of hydrogen-bond acceptors (Lipinski definition) is 2. The van der Waals surface area contributed by atoms with Crippen molar-refractivity contribution in [1.29, 1.82) is 0 Å². The van der Waals surface area contributed by atoms with Gasteiger partial charge in [0.05, 0.1) is 0 Å². The van der Waals surface area contributed by atoms with Crippen molar-refractivity contribution in [2.24, 2.45) is 29.4 Å². The molecular formula is C15H26N2O. The highest BCUT2D eigenvalue weighted by Gasteiger charge is 2.41. The van der Waals surface area contributed by atoms with Crippen molar-refractivity contribution in [3.8, 4) is 0 Å². The number of hydrogen-bond donors (Lipinski definition) is 1. The number of carbonyl (C=O) groups excluding carboxylic acids is 1. The fraction of sp³-hybridized carbons (Fsp3) is 0.933. The Morgan fingerprint density at radius 1 is 1.22 bits per heavy atom. The third kappa shape index (κ3) is 2.42. The van der Waals surface area contributed by atoms with Gasteiger partial charge < -0.3 is 10.6 Å². The first kappa shape index (κ1) is 12.5. The highest BCUT2D eigenvalue weighted by molar-refractivity contribution is 5.76. The second-order valence-electron chi connectivity index (χ2n) is 6.71. The van der Waals surface area contributed by atoms with Crippen molar-refractivity contribution in [3.05, 3.63) is 0 Å². The Morgan fingerprint density at radius 3 is 2.78 bits per heavy atom. The van der Waals surface area contributed by atoms with Gasteiger partial charge in [0.15, 0.2) is 0 Å². The third-order valence-electron chi connectivity index (χ3n) is 5.53. The Bertz CT molecular complexity index is 318. The van der Waals surface area contributed by atoms with Crippen LogP contribution in [0.15, 0.2) is 0 Å². The summed E-state index contributed by atoms with van der Waals surface area (Å²) in [5, 5.41) is 0. The molecule has 3 rings (SSSR count). The fourth-order valence-corrected chi connectivity index (χ4v) is 4.51. The van der Waals surface area contributed by atoms with Crippen LogP contribution in [0.2, 0.25) is 0 Å². The zero-order chi connectivity index (χ0) is 12.5. The van der Waals surface area contributed by atoms with Gasteiger partial charge in [-0.15, -0.1) is 0 Å². The van der Waals surface area contributed by atoms with Crippen LogP contribution in [0.25, 0.3) is 0 Å². The molecule has 3 nitrogen and oxygen atoms in total. The largest absolute Gasteiger partial charge is 0.342 e. The minimum absolute atomic E-state index is 0.423. The van der Waals surface area contributed by atoms with Crippen LogP contribution in [0.5, 0.6) is 0 Å². The van der Waals surface area contributed by atoms with E-state index in [1.165, 1.54) is 32.1 Å². The first-order chi connectivity index (χ1) is 8.76. The summed E-state index contributed by atoms with van der Waals surface area (Å²) in [5.74, 6) is 3.63. The normalized spacial score (nSPS) is 38.6. The Hall–Kier alpha value is -0.570. The van der Waals surface area contributed by atoms with Crippen LogP contribution in [0.1, 0.15) is 44.9 Å². The zero-order valence-electron chi connectivity index (χ0n) is 11.3. The van der Waals surface area contributed by atoms with Gasteiger partial charge in [-0.1, -0.05) is 6.42 Å². The van der Waals surface area contributed by atoms with Gasteiger partial charge in [-0.25, -0.2) is 0 Å². The number of amides is 1. The summed E-state index contributed by atoms with van der Waals surface area (Å²) in [4.78, 5) is 14.4. The van der Waals surface area contributed by atoms with Crippen LogP contribution in [0, 0.1) is 23.7 Å². The third-order valence-corrected chi connectivity index (χ3v) is 5.53. The molecule has 1 heterocycles. The number of rotatable bonds is 4. The van der Waals surface area contributed by atoms with Gasteiger partial charge in [0.2, 0.25) is 5.91 Å². The molecule has 3 heteroatoms. The summed E-state index contributed by atoms with van der Waals surface area (Å²) in [5.41, 5.74) is 5.60. The number of nitrogens with two attached hydrogens (primary N) is 1. The Morgan fingerprint density at radius 2 is 2.11 bits per heavy atom. The lowest BCUT2D eigenvalue weighted by atomic mass is 9.86. The molecule has 2 bridgehead atoms. The van der Waals surface area contributed by atoms with Crippen molar-refractivity contribution in [1.82, 2.24) is 4.90 Å². The topological polar surface area (TPSA) is 46.3 Å². The molecule has 2 saturated carbocycles. The molecule has 3 fully saturated rings. The maximum atomic E-state index is 12.3. The molecular weight excluding hydrogens is 224 g/mol. The van der Waals surface area contributed by atoms with Gasteiger partial charge in [-0.05, 0) is 62.3 Å². The average molecular weight is 250 g/mol. The highest BCUT2D eigenvalue weighted by Crippen LogP contribution is 2.49. The van der Waals surface area contributed by atoms with E-state index in [4.69, 9.17) is 5.73 Å². The molecule has 2 N–H and O–H groups in total. The molecule has 0 aromatic heterocycles. The molecule has 4 unspecified atom stereocenters. The van der Waals surface area contributed by atoms with Gasteiger partial charge >= 0.3 is 0 Å². The van der Waals surface area contributed by atoms with Crippen molar-refractivity contribution in [2.45, 2.75) is 44.9 Å².